The molecule has 5 atom stereocenters. The molecule has 0 unspecified atom stereocenters. The molecule has 0 aromatic carbocycles. The number of carboxylic acids is 1. The second-order valence-corrected chi connectivity index (χ2v) is 4.05. The highest BCUT2D eigenvalue weighted by molar-refractivity contribution is 5.67. The molecule has 1 aliphatic rings. The number of rotatable bonds is 8. The lowest BCUT2D eigenvalue weighted by Gasteiger charge is -2.40. The zero-order valence-corrected chi connectivity index (χ0v) is 10.7. The van der Waals surface area contributed by atoms with Gasteiger partial charge in [-0.05, 0) is 0 Å². The van der Waals surface area contributed by atoms with Crippen molar-refractivity contribution >= 4 is 5.97 Å². The molecule has 1 rings (SSSR count). The van der Waals surface area contributed by atoms with Crippen molar-refractivity contribution in [3.8, 4) is 0 Å². The van der Waals surface area contributed by atoms with E-state index in [1.54, 1.807) is 0 Å². The zero-order valence-electron chi connectivity index (χ0n) is 10.7. The Morgan fingerprint density at radius 1 is 1.14 bits per heavy atom. The first-order chi connectivity index (χ1) is 10.2. The van der Waals surface area contributed by atoms with Gasteiger partial charge in [-0.2, -0.15) is 0 Å². The summed E-state index contributed by atoms with van der Waals surface area (Å²) in [5, 5.41) is 45.8. The van der Waals surface area contributed by atoms with E-state index in [9.17, 15) is 35.2 Å². The Bertz CT molecular complexity index is 429. The second-order valence-electron chi connectivity index (χ2n) is 4.05. The van der Waals surface area contributed by atoms with Gasteiger partial charge in [-0.3, -0.25) is 0 Å². The van der Waals surface area contributed by atoms with Gasteiger partial charge >= 0.3 is 5.97 Å². The molecular weight excluding hydrogens is 316 g/mol. The van der Waals surface area contributed by atoms with Gasteiger partial charge in [0.25, 0.3) is 10.2 Å². The number of aliphatic hydroxyl groups excluding tert-OH is 2. The molecule has 0 bridgehead atoms. The Kier molecular flexibility index (Phi) is 6.17. The van der Waals surface area contributed by atoms with Crippen LogP contribution in [0, 0.1) is 20.2 Å². The fourth-order valence-electron chi connectivity index (χ4n) is 1.74. The highest BCUT2D eigenvalue weighted by Crippen LogP contribution is 2.25. The van der Waals surface area contributed by atoms with Crippen molar-refractivity contribution < 1.29 is 49.4 Å². The summed E-state index contributed by atoms with van der Waals surface area (Å²) in [6.07, 6.45) is -9.25. The maximum absolute atomic E-state index is 10.4. The highest BCUT2D eigenvalue weighted by atomic mass is 17.0. The third-order valence-corrected chi connectivity index (χ3v) is 2.56. The summed E-state index contributed by atoms with van der Waals surface area (Å²) in [6.45, 7) is -1.31. The summed E-state index contributed by atoms with van der Waals surface area (Å²) in [7, 11) is 0. The molecular formula is C8H12N2O12. The number of nitrogens with zero attached hydrogens (tertiary/aromatic N) is 2. The standard InChI is InChI=1S/C8H12N2O12/c11-4(12)2-19-1-3-5(13)6(21-9(15)16)7(8(14)20-3)22-10(17)18/h3,5-8,13-14H,1-2H2,(H,11,12)/t3-,5-,6+,7-,8-/m1/s1. The van der Waals surface area contributed by atoms with E-state index in [0.29, 0.717) is 0 Å². The molecule has 0 aromatic rings. The van der Waals surface area contributed by atoms with Gasteiger partial charge in [-0.1, -0.05) is 0 Å². The molecule has 1 aliphatic heterocycles. The van der Waals surface area contributed by atoms with Crippen LogP contribution in [0.15, 0.2) is 0 Å². The Morgan fingerprint density at radius 3 is 2.18 bits per heavy atom. The van der Waals surface area contributed by atoms with E-state index in [1.165, 1.54) is 0 Å². The van der Waals surface area contributed by atoms with Crippen LogP contribution < -0.4 is 0 Å². The van der Waals surface area contributed by atoms with Crippen LogP contribution in [0.2, 0.25) is 0 Å². The molecule has 1 fully saturated rings. The predicted octanol–water partition coefficient (Wildman–Crippen LogP) is -2.68. The van der Waals surface area contributed by atoms with Crippen molar-refractivity contribution in [3.63, 3.8) is 0 Å². The van der Waals surface area contributed by atoms with E-state index in [2.05, 4.69) is 14.4 Å². The van der Waals surface area contributed by atoms with E-state index in [0.717, 1.165) is 0 Å². The molecule has 14 nitrogen and oxygen atoms in total. The maximum Gasteiger partial charge on any atom is 0.329 e. The highest BCUT2D eigenvalue weighted by Gasteiger charge is 2.49. The van der Waals surface area contributed by atoms with Gasteiger partial charge in [0.1, 0.15) is 18.8 Å². The molecule has 0 aromatic heterocycles. The van der Waals surface area contributed by atoms with Crippen molar-refractivity contribution in [1.82, 2.24) is 0 Å². The van der Waals surface area contributed by atoms with E-state index in [4.69, 9.17) is 9.84 Å². The lowest BCUT2D eigenvalue weighted by Crippen LogP contribution is -2.61. The minimum atomic E-state index is -2.04. The van der Waals surface area contributed by atoms with Crippen molar-refractivity contribution in [2.45, 2.75) is 30.7 Å². The number of hydrogen-bond acceptors (Lipinski definition) is 11. The van der Waals surface area contributed by atoms with Crippen LogP contribution in [0.5, 0.6) is 0 Å². The molecule has 1 heterocycles. The Morgan fingerprint density at radius 2 is 1.68 bits per heavy atom. The predicted molar refractivity (Wildman–Crippen MR) is 59.1 cm³/mol. The summed E-state index contributed by atoms with van der Waals surface area (Å²) in [4.78, 5) is 39.0. The normalized spacial score (nSPS) is 31.3. The van der Waals surface area contributed by atoms with Crippen LogP contribution in [0.25, 0.3) is 0 Å². The average molecular weight is 328 g/mol. The first-order valence-corrected chi connectivity index (χ1v) is 5.65. The minimum absolute atomic E-state index is 0.562. The second kappa shape index (κ2) is 7.64. The van der Waals surface area contributed by atoms with E-state index >= 15 is 0 Å². The molecule has 3 N–H and O–H groups in total. The van der Waals surface area contributed by atoms with Crippen LogP contribution in [-0.2, 0) is 23.9 Å². The van der Waals surface area contributed by atoms with Gasteiger partial charge < -0.3 is 34.5 Å². The lowest BCUT2D eigenvalue weighted by molar-refractivity contribution is -0.806. The SMILES string of the molecule is O=C(O)COC[C@H]1O[C@@H](O)[C@H](O[N+](=O)[O-])[C@@H](O[N+](=O)[O-])[C@@H]1O. The number of aliphatic carboxylic acids is 1. The average Bonchev–Trinajstić information content (AvgIpc) is 2.38. The topological polar surface area (TPSA) is 201 Å². The van der Waals surface area contributed by atoms with Crippen molar-refractivity contribution in [3.05, 3.63) is 20.2 Å². The smallest absolute Gasteiger partial charge is 0.329 e. The van der Waals surface area contributed by atoms with Crippen molar-refractivity contribution in [2.24, 2.45) is 0 Å². The van der Waals surface area contributed by atoms with E-state index < -0.39 is 60.1 Å². The van der Waals surface area contributed by atoms with Crippen LogP contribution in [0.3, 0.4) is 0 Å². The van der Waals surface area contributed by atoms with Crippen LogP contribution >= 0.6 is 0 Å². The third kappa shape index (κ3) is 4.92. The third-order valence-electron chi connectivity index (χ3n) is 2.56. The number of hydrogen-bond donors (Lipinski definition) is 3. The van der Waals surface area contributed by atoms with Gasteiger partial charge in [0.2, 0.25) is 0 Å². The van der Waals surface area contributed by atoms with Gasteiger partial charge in [-0.25, -0.2) is 4.79 Å². The van der Waals surface area contributed by atoms with Crippen molar-refractivity contribution in [1.29, 1.82) is 0 Å². The molecule has 0 amide bonds. The van der Waals surface area contributed by atoms with Crippen LogP contribution in [0.1, 0.15) is 0 Å². The summed E-state index contributed by atoms with van der Waals surface area (Å²) < 4.78 is 9.39. The Hall–Kier alpha value is -2.29. The first kappa shape index (κ1) is 17.8. The molecule has 126 valence electrons. The minimum Gasteiger partial charge on any atom is -0.480 e. The summed E-state index contributed by atoms with van der Waals surface area (Å²) in [5.74, 6) is -1.32. The molecule has 0 radical (unpaired) electrons. The summed E-state index contributed by atoms with van der Waals surface area (Å²) in [5.41, 5.74) is 0. The van der Waals surface area contributed by atoms with Gasteiger partial charge in [0.15, 0.2) is 18.5 Å². The van der Waals surface area contributed by atoms with Crippen LogP contribution in [0.4, 0.5) is 0 Å². The molecule has 14 heteroatoms. The maximum atomic E-state index is 10.4. The number of ether oxygens (including phenoxy) is 2. The number of aliphatic hydroxyl groups is 2. The quantitative estimate of drug-likeness (QED) is 0.308. The number of carboxylic acid groups (broad SMARTS) is 1. The lowest BCUT2D eigenvalue weighted by atomic mass is 9.99. The molecule has 22 heavy (non-hydrogen) atoms. The Labute approximate surface area is 121 Å². The molecule has 1 saturated heterocycles. The fourth-order valence-corrected chi connectivity index (χ4v) is 1.74. The fraction of sp³-hybridized carbons (Fsp3) is 0.875. The largest absolute Gasteiger partial charge is 0.480 e. The first-order valence-electron chi connectivity index (χ1n) is 5.65. The summed E-state index contributed by atoms with van der Waals surface area (Å²) >= 11 is 0. The molecule has 0 aliphatic carbocycles. The van der Waals surface area contributed by atoms with Gasteiger partial charge in [-0.15, -0.1) is 20.2 Å². The van der Waals surface area contributed by atoms with Gasteiger partial charge in [0.05, 0.1) is 6.61 Å². The van der Waals surface area contributed by atoms with Gasteiger partial charge in [0, 0.05) is 0 Å². The van der Waals surface area contributed by atoms with Crippen molar-refractivity contribution in [2.75, 3.05) is 13.2 Å². The molecule has 0 saturated carbocycles. The Balaban J connectivity index is 2.79. The summed E-state index contributed by atoms with van der Waals surface area (Å²) in [6, 6.07) is 0. The van der Waals surface area contributed by atoms with E-state index in [1.807, 2.05) is 0 Å². The monoisotopic (exact) mass is 328 g/mol. The number of carbonyl (C=O) groups is 1. The molecule has 0 spiro atoms. The van der Waals surface area contributed by atoms with Crippen LogP contribution in [-0.4, -0.2) is 75.4 Å². The zero-order chi connectivity index (χ0) is 16.9. The van der Waals surface area contributed by atoms with E-state index in [-0.39, 0.29) is 0 Å².